The van der Waals surface area contributed by atoms with Crippen LogP contribution in [0.4, 0.5) is 20.4 Å². The molecule has 1 aromatic heterocycles. The van der Waals surface area contributed by atoms with E-state index in [1.54, 1.807) is 23.1 Å². The molecule has 2 heterocycles. The van der Waals surface area contributed by atoms with Crippen molar-refractivity contribution in [1.82, 2.24) is 9.88 Å². The van der Waals surface area contributed by atoms with Crippen LogP contribution in [-0.2, 0) is 17.7 Å². The second-order valence-electron chi connectivity index (χ2n) is 5.45. The maximum absolute atomic E-state index is 12.6. The van der Waals surface area contributed by atoms with Gasteiger partial charge in [-0.3, -0.25) is 5.32 Å². The molecule has 0 saturated carbocycles. The van der Waals surface area contributed by atoms with Gasteiger partial charge in [-0.05, 0) is 18.2 Å². The quantitative estimate of drug-likeness (QED) is 0.827. The van der Waals surface area contributed by atoms with Gasteiger partial charge in [0.15, 0.2) is 5.13 Å². The van der Waals surface area contributed by atoms with E-state index in [-0.39, 0.29) is 6.03 Å². The third-order valence-corrected chi connectivity index (χ3v) is 5.05. The summed E-state index contributed by atoms with van der Waals surface area (Å²) >= 11 is 7.32. The van der Waals surface area contributed by atoms with Crippen molar-refractivity contribution < 1.29 is 19.1 Å². The lowest BCUT2D eigenvalue weighted by molar-refractivity contribution is 0.187. The van der Waals surface area contributed by atoms with E-state index in [1.165, 1.54) is 25.6 Å². The molecule has 8 nitrogen and oxygen atoms in total. The molecule has 1 aromatic carbocycles. The summed E-state index contributed by atoms with van der Waals surface area (Å²) in [5.74, 6) is 0.530. The number of fused-ring (bicyclic) bond motifs is 1. The minimum absolute atomic E-state index is 0.257. The van der Waals surface area contributed by atoms with Gasteiger partial charge in [0.2, 0.25) is 0 Å². The number of nitrogens with zero attached hydrogens (tertiary/aromatic N) is 2. The van der Waals surface area contributed by atoms with E-state index in [9.17, 15) is 9.59 Å². The third-order valence-electron chi connectivity index (χ3n) is 3.82. The number of thiazole rings is 1. The topological polar surface area (TPSA) is 92.8 Å². The monoisotopic (exact) mass is 396 g/mol. The van der Waals surface area contributed by atoms with Gasteiger partial charge in [-0.1, -0.05) is 22.9 Å². The number of urea groups is 1. The van der Waals surface area contributed by atoms with Gasteiger partial charge in [-0.25, -0.2) is 14.6 Å². The Bertz CT molecular complexity index is 842. The molecule has 2 N–H and O–H groups in total. The van der Waals surface area contributed by atoms with Gasteiger partial charge in [-0.15, -0.1) is 0 Å². The Balaban J connectivity index is 1.69. The summed E-state index contributed by atoms with van der Waals surface area (Å²) in [7, 11) is 2.82. The third kappa shape index (κ3) is 4.00. The molecular formula is C16H17ClN4O4S. The maximum atomic E-state index is 12.6. The zero-order chi connectivity index (χ0) is 18.7. The Morgan fingerprint density at radius 1 is 1.31 bits per heavy atom. The highest BCUT2D eigenvalue weighted by Crippen LogP contribution is 2.30. The molecule has 1 aliphatic heterocycles. The summed E-state index contributed by atoms with van der Waals surface area (Å²) in [6.45, 7) is 0.924. The fraction of sp³-hybridized carbons (Fsp3) is 0.312. The lowest BCUT2D eigenvalue weighted by atomic mass is 10.2. The van der Waals surface area contributed by atoms with Crippen molar-refractivity contribution in [1.29, 1.82) is 0 Å². The lowest BCUT2D eigenvalue weighted by Crippen LogP contribution is -2.38. The van der Waals surface area contributed by atoms with E-state index >= 15 is 0 Å². The first-order valence-corrected chi connectivity index (χ1v) is 8.92. The highest BCUT2D eigenvalue weighted by molar-refractivity contribution is 7.15. The number of nitrogens with one attached hydrogen (secondary N) is 2. The number of hydrogen-bond donors (Lipinski definition) is 2. The molecule has 2 aromatic rings. The molecule has 3 rings (SSSR count). The molecule has 0 atom stereocenters. The molecule has 3 amide bonds. The van der Waals surface area contributed by atoms with Crippen LogP contribution in [0.25, 0.3) is 0 Å². The van der Waals surface area contributed by atoms with E-state index in [4.69, 9.17) is 16.3 Å². The summed E-state index contributed by atoms with van der Waals surface area (Å²) in [4.78, 5) is 30.9. The molecule has 0 bridgehead atoms. The lowest BCUT2D eigenvalue weighted by Gasteiger charge is -2.26. The Morgan fingerprint density at radius 2 is 2.12 bits per heavy atom. The first-order valence-electron chi connectivity index (χ1n) is 7.73. The van der Waals surface area contributed by atoms with E-state index < -0.39 is 6.09 Å². The van der Waals surface area contributed by atoms with E-state index in [0.29, 0.717) is 41.1 Å². The Labute approximate surface area is 159 Å². The smallest absolute Gasteiger partial charge is 0.413 e. The molecule has 1 aliphatic rings. The van der Waals surface area contributed by atoms with Crippen molar-refractivity contribution in [3.05, 3.63) is 33.8 Å². The van der Waals surface area contributed by atoms with E-state index in [2.05, 4.69) is 20.4 Å². The van der Waals surface area contributed by atoms with Gasteiger partial charge in [0.05, 0.1) is 32.1 Å². The van der Waals surface area contributed by atoms with Crippen LogP contribution in [0.15, 0.2) is 18.2 Å². The van der Waals surface area contributed by atoms with Crippen molar-refractivity contribution in [2.45, 2.75) is 13.0 Å². The van der Waals surface area contributed by atoms with Gasteiger partial charge in [0, 0.05) is 22.9 Å². The minimum atomic E-state index is -0.571. The van der Waals surface area contributed by atoms with Crippen LogP contribution in [0, 0.1) is 0 Å². The number of halogens is 1. The second kappa shape index (κ2) is 7.79. The molecule has 26 heavy (non-hydrogen) atoms. The van der Waals surface area contributed by atoms with Crippen molar-refractivity contribution >= 4 is 45.9 Å². The Kier molecular flexibility index (Phi) is 5.48. The Hall–Kier alpha value is -2.52. The van der Waals surface area contributed by atoms with Gasteiger partial charge >= 0.3 is 12.1 Å². The number of ether oxygens (including phenoxy) is 2. The number of aromatic nitrogens is 1. The van der Waals surface area contributed by atoms with Crippen LogP contribution in [0.5, 0.6) is 5.75 Å². The fourth-order valence-corrected chi connectivity index (χ4v) is 3.71. The zero-order valence-corrected chi connectivity index (χ0v) is 15.7. The highest BCUT2D eigenvalue weighted by Gasteiger charge is 2.25. The van der Waals surface area contributed by atoms with Crippen LogP contribution in [0.1, 0.15) is 10.6 Å². The van der Waals surface area contributed by atoms with Crippen molar-refractivity contribution in [3.8, 4) is 5.75 Å². The first-order chi connectivity index (χ1) is 12.5. The number of hydrogen-bond acceptors (Lipinski definition) is 6. The number of amides is 3. The van der Waals surface area contributed by atoms with Crippen molar-refractivity contribution in [3.63, 3.8) is 0 Å². The van der Waals surface area contributed by atoms with Gasteiger partial charge in [0.25, 0.3) is 0 Å². The summed E-state index contributed by atoms with van der Waals surface area (Å²) < 4.78 is 9.81. The van der Waals surface area contributed by atoms with Crippen LogP contribution in [0.2, 0.25) is 5.02 Å². The predicted octanol–water partition coefficient (Wildman–Crippen LogP) is 3.57. The van der Waals surface area contributed by atoms with Crippen molar-refractivity contribution in [2.75, 3.05) is 31.4 Å². The molecular weight excluding hydrogens is 380 g/mol. The minimum Gasteiger partial charge on any atom is -0.495 e. The SMILES string of the molecule is COC(=O)Nc1nc2c(s1)CN(C(=O)Nc1cc(Cl)ccc1OC)CC2. The fourth-order valence-electron chi connectivity index (χ4n) is 2.53. The molecule has 0 spiro atoms. The largest absolute Gasteiger partial charge is 0.495 e. The van der Waals surface area contributed by atoms with Crippen LogP contribution >= 0.6 is 22.9 Å². The molecule has 10 heteroatoms. The standard InChI is InChI=1S/C16H17ClN4O4S/c1-24-12-4-3-9(17)7-11(12)19-15(22)21-6-5-10-13(8-21)26-14(18-10)20-16(23)25-2/h3-4,7H,5-6,8H2,1-2H3,(H,19,22)(H,18,20,23). The number of anilines is 2. The summed E-state index contributed by atoms with van der Waals surface area (Å²) in [6.07, 6.45) is 0.0353. The molecule has 0 aliphatic carbocycles. The number of carbonyl (C=O) groups excluding carboxylic acids is 2. The Morgan fingerprint density at radius 3 is 2.85 bits per heavy atom. The first kappa shape index (κ1) is 18.3. The molecule has 0 radical (unpaired) electrons. The predicted molar refractivity (Wildman–Crippen MR) is 99.3 cm³/mol. The highest BCUT2D eigenvalue weighted by atomic mass is 35.5. The number of benzene rings is 1. The van der Waals surface area contributed by atoms with Gasteiger partial charge < -0.3 is 19.7 Å². The number of methoxy groups -OCH3 is 2. The number of carbonyl (C=O) groups is 2. The molecule has 0 fully saturated rings. The van der Waals surface area contributed by atoms with Crippen LogP contribution < -0.4 is 15.4 Å². The van der Waals surface area contributed by atoms with Gasteiger partial charge in [0.1, 0.15) is 5.75 Å². The second-order valence-corrected chi connectivity index (χ2v) is 6.97. The molecule has 0 saturated heterocycles. The van der Waals surface area contributed by atoms with E-state index in [1.807, 2.05) is 0 Å². The normalized spacial score (nSPS) is 13.0. The number of rotatable bonds is 3. The average Bonchev–Trinajstić information content (AvgIpc) is 3.03. The maximum Gasteiger partial charge on any atom is 0.413 e. The summed E-state index contributed by atoms with van der Waals surface area (Å²) in [6, 6.07) is 4.77. The van der Waals surface area contributed by atoms with Gasteiger partial charge in [-0.2, -0.15) is 0 Å². The van der Waals surface area contributed by atoms with E-state index in [0.717, 1.165) is 10.6 Å². The summed E-state index contributed by atoms with van der Waals surface area (Å²) in [5.41, 5.74) is 1.39. The zero-order valence-electron chi connectivity index (χ0n) is 14.2. The average molecular weight is 397 g/mol. The molecule has 138 valence electrons. The van der Waals surface area contributed by atoms with Crippen molar-refractivity contribution in [2.24, 2.45) is 0 Å². The summed E-state index contributed by atoms with van der Waals surface area (Å²) in [5, 5.41) is 6.33. The molecule has 0 unspecified atom stereocenters. The van der Waals surface area contributed by atoms with Crippen LogP contribution in [0.3, 0.4) is 0 Å². The van der Waals surface area contributed by atoms with Crippen LogP contribution in [-0.4, -0.2) is 42.8 Å².